The van der Waals surface area contributed by atoms with Gasteiger partial charge in [0.1, 0.15) is 5.56 Å². The Morgan fingerprint density at radius 1 is 0.969 bits per heavy atom. The van der Waals surface area contributed by atoms with Gasteiger partial charge in [-0.15, -0.1) is 0 Å². The van der Waals surface area contributed by atoms with Gasteiger partial charge in [-0.1, -0.05) is 6.42 Å². The maximum Gasteiger partial charge on any atom is 0.263 e. The fourth-order valence-electron chi connectivity index (χ4n) is 4.95. The molecule has 0 spiro atoms. The van der Waals surface area contributed by atoms with Crippen LogP contribution in [-0.4, -0.2) is 47.0 Å². The lowest BCUT2D eigenvalue weighted by Crippen LogP contribution is -2.51. The molecule has 0 radical (unpaired) electrons. The second-order valence-electron chi connectivity index (χ2n) is 9.00. The minimum Gasteiger partial charge on any atom is -0.352 e. The van der Waals surface area contributed by atoms with Crippen molar-refractivity contribution < 1.29 is 9.59 Å². The van der Waals surface area contributed by atoms with Gasteiger partial charge in [-0.3, -0.25) is 14.4 Å². The molecule has 7 heteroatoms. The normalized spacial score (nSPS) is 20.9. The first-order chi connectivity index (χ1) is 15.4. The standard InChI is InChI=1S/C25H32N4O3/c1-17-8-13-21(25(32)28(17)2)24(31)27-20-11-9-18(10-12-20)23(30)26-16-19-6-5-15-29-14-4-3-7-22(19)29/h8-13,19,22H,3-7,14-16H2,1-2H3,(H,26,30)(H,27,31). The highest BCUT2D eigenvalue weighted by molar-refractivity contribution is 6.04. The number of carbonyl (C=O) groups excluding carboxylic acids is 2. The minimum atomic E-state index is -0.461. The Balaban J connectivity index is 1.34. The first-order valence-electron chi connectivity index (χ1n) is 11.5. The molecule has 1 aromatic carbocycles. The number of hydrogen-bond acceptors (Lipinski definition) is 4. The van der Waals surface area contributed by atoms with Crippen molar-refractivity contribution in [3.8, 4) is 0 Å². The van der Waals surface area contributed by atoms with Crippen LogP contribution in [0.2, 0.25) is 0 Å². The van der Waals surface area contributed by atoms with Crippen LogP contribution >= 0.6 is 0 Å². The number of nitrogens with zero attached hydrogens (tertiary/aromatic N) is 2. The Morgan fingerprint density at radius 2 is 1.72 bits per heavy atom. The van der Waals surface area contributed by atoms with Crippen molar-refractivity contribution in [3.05, 3.63) is 63.6 Å². The van der Waals surface area contributed by atoms with Gasteiger partial charge in [0.15, 0.2) is 0 Å². The zero-order chi connectivity index (χ0) is 22.7. The van der Waals surface area contributed by atoms with E-state index in [1.165, 1.54) is 55.8 Å². The summed E-state index contributed by atoms with van der Waals surface area (Å²) in [6, 6.07) is 10.7. The lowest BCUT2D eigenvalue weighted by atomic mass is 9.83. The minimum absolute atomic E-state index is 0.0872. The molecule has 2 amide bonds. The highest BCUT2D eigenvalue weighted by atomic mass is 16.2. The molecule has 4 rings (SSSR count). The largest absolute Gasteiger partial charge is 0.352 e. The van der Waals surface area contributed by atoms with E-state index in [0.717, 1.165) is 5.69 Å². The smallest absolute Gasteiger partial charge is 0.263 e. The van der Waals surface area contributed by atoms with Gasteiger partial charge in [-0.25, -0.2) is 0 Å². The summed E-state index contributed by atoms with van der Waals surface area (Å²) in [5.74, 6) is -0.0379. The van der Waals surface area contributed by atoms with Crippen LogP contribution in [0, 0.1) is 12.8 Å². The summed E-state index contributed by atoms with van der Waals surface area (Å²) in [6.07, 6.45) is 6.18. The second kappa shape index (κ2) is 9.69. The van der Waals surface area contributed by atoms with E-state index in [1.54, 1.807) is 37.4 Å². The quantitative estimate of drug-likeness (QED) is 0.755. The van der Waals surface area contributed by atoms with Crippen LogP contribution in [0.15, 0.2) is 41.2 Å². The third kappa shape index (κ3) is 4.78. The van der Waals surface area contributed by atoms with Crippen molar-refractivity contribution in [2.45, 2.75) is 45.1 Å². The molecule has 2 fully saturated rings. The van der Waals surface area contributed by atoms with E-state index in [4.69, 9.17) is 0 Å². The fraction of sp³-hybridized carbons (Fsp3) is 0.480. The van der Waals surface area contributed by atoms with Gasteiger partial charge in [0.05, 0.1) is 0 Å². The maximum atomic E-state index is 12.7. The van der Waals surface area contributed by atoms with Crippen molar-refractivity contribution in [2.75, 3.05) is 25.0 Å². The van der Waals surface area contributed by atoms with Gasteiger partial charge in [0.25, 0.3) is 17.4 Å². The summed E-state index contributed by atoms with van der Waals surface area (Å²) in [6.45, 7) is 4.90. The number of aromatic nitrogens is 1. The molecule has 0 saturated carbocycles. The second-order valence-corrected chi connectivity index (χ2v) is 9.00. The van der Waals surface area contributed by atoms with Gasteiger partial charge < -0.3 is 20.1 Å². The van der Waals surface area contributed by atoms with Crippen LogP contribution < -0.4 is 16.2 Å². The summed E-state index contributed by atoms with van der Waals surface area (Å²) in [5.41, 5.74) is 1.64. The Morgan fingerprint density at radius 3 is 2.50 bits per heavy atom. The molecular formula is C25H32N4O3. The van der Waals surface area contributed by atoms with Crippen molar-refractivity contribution >= 4 is 17.5 Å². The molecule has 0 aliphatic carbocycles. The molecule has 1 aromatic heterocycles. The van der Waals surface area contributed by atoms with Crippen molar-refractivity contribution in [3.63, 3.8) is 0 Å². The number of benzene rings is 1. The molecule has 2 N–H and O–H groups in total. The Bertz CT molecular complexity index is 1040. The molecule has 2 aromatic rings. The van der Waals surface area contributed by atoms with Crippen LogP contribution in [0.3, 0.4) is 0 Å². The number of pyridine rings is 1. The number of rotatable bonds is 5. The maximum absolute atomic E-state index is 12.7. The summed E-state index contributed by atoms with van der Waals surface area (Å²) < 4.78 is 1.45. The zero-order valence-electron chi connectivity index (χ0n) is 18.9. The SMILES string of the molecule is Cc1ccc(C(=O)Nc2ccc(C(=O)NCC3CCCN4CCCCC34)cc2)c(=O)n1C. The lowest BCUT2D eigenvalue weighted by molar-refractivity contribution is 0.0575. The molecule has 32 heavy (non-hydrogen) atoms. The molecule has 2 aliphatic rings. The van der Waals surface area contributed by atoms with Crippen LogP contribution in [-0.2, 0) is 7.05 Å². The predicted octanol–water partition coefficient (Wildman–Crippen LogP) is 2.94. The average Bonchev–Trinajstić information content (AvgIpc) is 2.81. The van der Waals surface area contributed by atoms with Gasteiger partial charge in [0, 0.05) is 36.6 Å². The van der Waals surface area contributed by atoms with Crippen LogP contribution in [0.1, 0.15) is 58.5 Å². The summed E-state index contributed by atoms with van der Waals surface area (Å²) in [7, 11) is 1.64. The predicted molar refractivity (Wildman–Crippen MR) is 125 cm³/mol. The number of carbonyl (C=O) groups is 2. The molecule has 2 atom stereocenters. The highest BCUT2D eigenvalue weighted by Gasteiger charge is 2.32. The van der Waals surface area contributed by atoms with Crippen molar-refractivity contribution in [1.82, 2.24) is 14.8 Å². The first-order valence-corrected chi connectivity index (χ1v) is 11.5. The van der Waals surface area contributed by atoms with Crippen molar-refractivity contribution in [1.29, 1.82) is 0 Å². The van der Waals surface area contributed by atoms with E-state index in [0.29, 0.717) is 29.8 Å². The van der Waals surface area contributed by atoms with Gasteiger partial charge >= 0.3 is 0 Å². The van der Waals surface area contributed by atoms with E-state index in [1.807, 2.05) is 6.92 Å². The van der Waals surface area contributed by atoms with Crippen LogP contribution in [0.25, 0.3) is 0 Å². The molecule has 2 saturated heterocycles. The molecule has 170 valence electrons. The van der Waals surface area contributed by atoms with E-state index < -0.39 is 5.91 Å². The highest BCUT2D eigenvalue weighted by Crippen LogP contribution is 2.30. The zero-order valence-corrected chi connectivity index (χ0v) is 18.9. The van der Waals surface area contributed by atoms with Gasteiger partial charge in [-0.05, 0) is 88.0 Å². The summed E-state index contributed by atoms with van der Waals surface area (Å²) in [5, 5.41) is 5.85. The fourth-order valence-corrected chi connectivity index (χ4v) is 4.95. The first kappa shape index (κ1) is 22.3. The number of aryl methyl sites for hydroxylation is 1. The third-order valence-corrected chi connectivity index (χ3v) is 6.96. The van der Waals surface area contributed by atoms with Crippen LogP contribution in [0.5, 0.6) is 0 Å². The van der Waals surface area contributed by atoms with E-state index >= 15 is 0 Å². The third-order valence-electron chi connectivity index (χ3n) is 6.96. The number of anilines is 1. The Kier molecular flexibility index (Phi) is 6.74. The molecule has 0 bridgehead atoms. The van der Waals surface area contributed by atoms with Gasteiger partial charge in [-0.2, -0.15) is 0 Å². The number of hydrogen-bond donors (Lipinski definition) is 2. The topological polar surface area (TPSA) is 83.4 Å². The summed E-state index contributed by atoms with van der Waals surface area (Å²) in [4.78, 5) is 40.1. The molecule has 3 heterocycles. The number of fused-ring (bicyclic) bond motifs is 1. The Hall–Kier alpha value is -2.93. The summed E-state index contributed by atoms with van der Waals surface area (Å²) >= 11 is 0. The van der Waals surface area contributed by atoms with Crippen molar-refractivity contribution in [2.24, 2.45) is 13.0 Å². The van der Waals surface area contributed by atoms with E-state index in [2.05, 4.69) is 15.5 Å². The molecule has 2 aliphatic heterocycles. The van der Waals surface area contributed by atoms with E-state index in [-0.39, 0.29) is 17.0 Å². The van der Waals surface area contributed by atoms with Gasteiger partial charge in [0.2, 0.25) is 0 Å². The number of piperidine rings is 2. The number of nitrogens with one attached hydrogen (secondary N) is 2. The molecular weight excluding hydrogens is 404 g/mol. The molecule has 7 nitrogen and oxygen atoms in total. The van der Waals surface area contributed by atoms with Crippen LogP contribution in [0.4, 0.5) is 5.69 Å². The Labute approximate surface area is 188 Å². The monoisotopic (exact) mass is 436 g/mol. The lowest BCUT2D eigenvalue weighted by Gasteiger charge is -2.44. The van der Waals surface area contributed by atoms with E-state index in [9.17, 15) is 14.4 Å². The number of amides is 2. The molecule has 2 unspecified atom stereocenters. The average molecular weight is 437 g/mol.